The highest BCUT2D eigenvalue weighted by Crippen LogP contribution is 2.44. The molecule has 4 aromatic carbocycles. The van der Waals surface area contributed by atoms with Crippen LogP contribution in [0.1, 0.15) is 40.3 Å². The molecule has 0 saturated carbocycles. The normalized spacial score (nSPS) is 16.3. The molecule has 1 aliphatic heterocycles. The van der Waals surface area contributed by atoms with Gasteiger partial charge in [0.05, 0.1) is 40.0 Å². The number of aliphatic hydroxyl groups excluding tert-OH is 1. The molecule has 0 unspecified atom stereocenters. The molecule has 4 aromatic rings. The molecule has 1 amide bonds. The topological polar surface area (TPSA) is 169 Å². The van der Waals surface area contributed by atoms with Gasteiger partial charge in [-0.25, -0.2) is 10.4 Å². The number of azide groups is 1. The Kier molecular flexibility index (Phi) is 12.8. The van der Waals surface area contributed by atoms with Gasteiger partial charge < -0.3 is 28.8 Å². The molecule has 51 heavy (non-hydrogen) atoms. The van der Waals surface area contributed by atoms with Gasteiger partial charge in [0.25, 0.3) is 5.91 Å². The quantitative estimate of drug-likeness (QED) is 0.0367. The van der Waals surface area contributed by atoms with E-state index in [9.17, 15) is 4.79 Å². The minimum atomic E-state index is -1.53. The molecule has 0 fully saturated rings. The van der Waals surface area contributed by atoms with Gasteiger partial charge in [-0.1, -0.05) is 57.4 Å². The highest BCUT2D eigenvalue weighted by atomic mass is 79.9. The van der Waals surface area contributed by atoms with Gasteiger partial charge in [-0.15, -0.1) is 0 Å². The lowest BCUT2D eigenvalue weighted by atomic mass is 9.81. The Bertz CT molecular complexity index is 1860. The number of nitrogens with zero attached hydrogens (tertiary/aromatic N) is 4. The third kappa shape index (κ3) is 8.73. The number of carbonyl (C=O) groups is 1. The van der Waals surface area contributed by atoms with Crippen LogP contribution < -0.4 is 29.8 Å². The first kappa shape index (κ1) is 37.0. The van der Waals surface area contributed by atoms with Crippen molar-refractivity contribution in [1.29, 1.82) is 0 Å². The van der Waals surface area contributed by atoms with Crippen LogP contribution >= 0.6 is 15.9 Å². The first-order valence-corrected chi connectivity index (χ1v) is 16.9. The van der Waals surface area contributed by atoms with Crippen LogP contribution in [0.3, 0.4) is 0 Å². The number of rotatable bonds is 17. The van der Waals surface area contributed by atoms with Crippen molar-refractivity contribution in [2.45, 2.75) is 37.6 Å². The van der Waals surface area contributed by atoms with Gasteiger partial charge in [0.1, 0.15) is 23.0 Å². The van der Waals surface area contributed by atoms with Crippen molar-refractivity contribution in [3.63, 3.8) is 0 Å². The molecule has 1 aliphatic rings. The van der Waals surface area contributed by atoms with E-state index in [4.69, 9.17) is 39.3 Å². The van der Waals surface area contributed by atoms with E-state index in [1.807, 2.05) is 60.7 Å². The van der Waals surface area contributed by atoms with Crippen LogP contribution in [-0.2, 0) is 29.0 Å². The third-order valence-corrected chi connectivity index (χ3v) is 8.87. The molecule has 0 aromatic heterocycles. The Morgan fingerprint density at radius 3 is 2.35 bits per heavy atom. The van der Waals surface area contributed by atoms with Gasteiger partial charge in [-0.2, -0.15) is 0 Å². The van der Waals surface area contributed by atoms with Gasteiger partial charge in [0.2, 0.25) is 5.90 Å². The van der Waals surface area contributed by atoms with Crippen molar-refractivity contribution in [3.8, 4) is 23.0 Å². The van der Waals surface area contributed by atoms with E-state index >= 15 is 0 Å². The van der Waals surface area contributed by atoms with Crippen LogP contribution in [0.5, 0.6) is 23.0 Å². The fourth-order valence-corrected chi connectivity index (χ4v) is 6.05. The van der Waals surface area contributed by atoms with Crippen molar-refractivity contribution in [3.05, 3.63) is 128 Å². The Balaban J connectivity index is 1.57. The molecule has 0 bridgehead atoms. The summed E-state index contributed by atoms with van der Waals surface area (Å²) in [5, 5.41) is 12.9. The number of halogens is 1. The lowest BCUT2D eigenvalue weighted by molar-refractivity contribution is -0.130. The van der Waals surface area contributed by atoms with Gasteiger partial charge in [0.15, 0.2) is 11.6 Å². The minimum absolute atomic E-state index is 0.0316. The van der Waals surface area contributed by atoms with E-state index in [1.165, 1.54) is 0 Å². The fraction of sp³-hybridized carbons (Fsp3) is 0.297. The Morgan fingerprint density at radius 2 is 1.71 bits per heavy atom. The van der Waals surface area contributed by atoms with Gasteiger partial charge >= 0.3 is 0 Å². The number of carbonyl (C=O) groups excluding carboxylic acids is 1. The Hall–Kier alpha value is -5.27. The molecule has 0 aliphatic carbocycles. The second-order valence-corrected chi connectivity index (χ2v) is 12.4. The molecule has 0 saturated heterocycles. The van der Waals surface area contributed by atoms with E-state index in [2.05, 4.69) is 36.8 Å². The predicted molar refractivity (Wildman–Crippen MR) is 195 cm³/mol. The molecule has 0 spiro atoms. The van der Waals surface area contributed by atoms with Crippen molar-refractivity contribution < 1.29 is 33.6 Å². The van der Waals surface area contributed by atoms with Crippen LogP contribution in [-0.4, -0.2) is 57.0 Å². The highest BCUT2D eigenvalue weighted by molar-refractivity contribution is 9.10. The summed E-state index contributed by atoms with van der Waals surface area (Å²) in [5.74, 6) is 1.99. The third-order valence-electron chi connectivity index (χ3n) is 8.34. The zero-order chi connectivity index (χ0) is 36.2. The molecule has 1 heterocycles. The maximum Gasteiger partial charge on any atom is 0.266 e. The zero-order valence-corrected chi connectivity index (χ0v) is 30.1. The second-order valence-electron chi connectivity index (χ2n) is 11.5. The SMILES string of the molecule is COc1cc(OC)c(CNNC(=O)[C@@]2(Cc3ccc(Br)cc3)N=C(c3ccc(OCCCO)cc3)O[C@H]2c2ccccc2CN=[N+]=[N-])c(OC)c1. The number of hydrogen-bond acceptors (Lipinski definition) is 10. The number of aliphatic imine (C=N–C) groups is 1. The molecule has 14 heteroatoms. The lowest BCUT2D eigenvalue weighted by Gasteiger charge is -2.32. The van der Waals surface area contributed by atoms with Gasteiger partial charge in [-0.3, -0.25) is 10.2 Å². The molecular formula is C37H39BrN6O7. The number of aliphatic hydroxyl groups is 1. The molecular weight excluding hydrogens is 720 g/mol. The van der Waals surface area contributed by atoms with Crippen LogP contribution in [0.15, 0.2) is 99.5 Å². The smallest absolute Gasteiger partial charge is 0.266 e. The van der Waals surface area contributed by atoms with Crippen molar-refractivity contribution in [2.24, 2.45) is 10.1 Å². The molecule has 2 atom stereocenters. The number of ether oxygens (including phenoxy) is 5. The van der Waals surface area contributed by atoms with E-state index in [1.54, 1.807) is 45.6 Å². The van der Waals surface area contributed by atoms with Crippen molar-refractivity contribution in [2.75, 3.05) is 34.5 Å². The maximum absolute atomic E-state index is 14.8. The molecule has 3 N–H and O–H groups in total. The summed E-state index contributed by atoms with van der Waals surface area (Å²) in [6.07, 6.45) is -0.252. The minimum Gasteiger partial charge on any atom is -0.496 e. The Morgan fingerprint density at radius 1 is 1.00 bits per heavy atom. The van der Waals surface area contributed by atoms with Crippen LogP contribution in [0.2, 0.25) is 0 Å². The van der Waals surface area contributed by atoms with Crippen molar-refractivity contribution in [1.82, 2.24) is 10.9 Å². The van der Waals surface area contributed by atoms with E-state index < -0.39 is 17.6 Å². The zero-order valence-electron chi connectivity index (χ0n) is 28.5. The molecule has 0 radical (unpaired) electrons. The molecule has 266 valence electrons. The number of nitrogens with one attached hydrogen (secondary N) is 2. The number of amides is 1. The van der Waals surface area contributed by atoms with Crippen LogP contribution in [0, 0.1) is 0 Å². The monoisotopic (exact) mass is 758 g/mol. The van der Waals surface area contributed by atoms with Gasteiger partial charge in [0, 0.05) is 53.1 Å². The number of benzene rings is 4. The maximum atomic E-state index is 14.8. The predicted octanol–water partition coefficient (Wildman–Crippen LogP) is 6.37. The van der Waals surface area contributed by atoms with Crippen molar-refractivity contribution >= 4 is 27.7 Å². The first-order chi connectivity index (χ1) is 24.8. The average molecular weight is 760 g/mol. The average Bonchev–Trinajstić information content (AvgIpc) is 3.55. The highest BCUT2D eigenvalue weighted by Gasteiger charge is 2.54. The second kappa shape index (κ2) is 17.6. The van der Waals surface area contributed by atoms with Crippen LogP contribution in [0.4, 0.5) is 0 Å². The van der Waals surface area contributed by atoms with E-state index in [0.29, 0.717) is 58.3 Å². The van der Waals surface area contributed by atoms with E-state index in [-0.39, 0.29) is 32.0 Å². The standard InChI is InChI=1S/C37H39BrN6O7/c1-47-29-19-32(48-2)31(33(20-29)49-3)23-40-43-36(46)37(21-24-9-13-27(38)14-10-24)34(30-8-5-4-7-26(30)22-41-44-39)51-35(42-37)25-11-15-28(16-12-25)50-18-6-17-45/h4-5,7-16,19-20,34,40,45H,6,17-18,21-23H2,1-3H3,(H,43,46)/t34-,37-/m0/s1. The summed E-state index contributed by atoms with van der Waals surface area (Å²) < 4.78 is 29.9. The molecule has 13 nitrogen and oxygen atoms in total. The number of hydrogen-bond donors (Lipinski definition) is 3. The summed E-state index contributed by atoms with van der Waals surface area (Å²) in [7, 11) is 4.64. The van der Waals surface area contributed by atoms with Crippen LogP contribution in [0.25, 0.3) is 10.4 Å². The largest absolute Gasteiger partial charge is 0.496 e. The molecule has 5 rings (SSSR count). The van der Waals surface area contributed by atoms with Gasteiger partial charge in [-0.05, 0) is 58.6 Å². The number of hydrazine groups is 1. The first-order valence-electron chi connectivity index (χ1n) is 16.1. The summed E-state index contributed by atoms with van der Waals surface area (Å²) in [6.45, 7) is 0.593. The summed E-state index contributed by atoms with van der Waals surface area (Å²) >= 11 is 3.50. The summed E-state index contributed by atoms with van der Waals surface area (Å²) in [5.41, 5.74) is 17.0. The number of methoxy groups -OCH3 is 3. The summed E-state index contributed by atoms with van der Waals surface area (Å²) in [6, 6.07) is 25.7. The lowest BCUT2D eigenvalue weighted by Crippen LogP contribution is -2.53. The van der Waals surface area contributed by atoms with E-state index in [0.717, 1.165) is 10.0 Å². The summed E-state index contributed by atoms with van der Waals surface area (Å²) in [4.78, 5) is 22.8. The fourth-order valence-electron chi connectivity index (χ4n) is 5.79. The Labute approximate surface area is 304 Å².